The van der Waals surface area contributed by atoms with Crippen molar-refractivity contribution in [1.29, 1.82) is 0 Å². The van der Waals surface area contributed by atoms with Crippen molar-refractivity contribution >= 4 is 14.7 Å². The number of nitrogens with one attached hydrogen (secondary N) is 1. The van der Waals surface area contributed by atoms with Crippen molar-refractivity contribution in [3.8, 4) is 0 Å². The highest BCUT2D eigenvalue weighted by molar-refractivity contribution is 7.27. The summed E-state index contributed by atoms with van der Waals surface area (Å²) in [4.78, 5) is 3.09. The third-order valence-electron chi connectivity index (χ3n) is 2.61. The van der Waals surface area contributed by atoms with E-state index in [1.165, 1.54) is 50.5 Å². The molecule has 1 nitrogen and oxygen atoms in total. The summed E-state index contributed by atoms with van der Waals surface area (Å²) in [5.74, 6) is 0. The first kappa shape index (κ1) is 11.8. The molecule has 0 fully saturated rings. The SMILES string of the molecule is CCCCCCCCc1cc[nH]c1[P]. The lowest BCUT2D eigenvalue weighted by atomic mass is 10.1. The van der Waals surface area contributed by atoms with Crippen molar-refractivity contribution in [3.63, 3.8) is 0 Å². The van der Waals surface area contributed by atoms with E-state index >= 15 is 0 Å². The van der Waals surface area contributed by atoms with E-state index in [0.717, 1.165) is 5.44 Å². The van der Waals surface area contributed by atoms with Gasteiger partial charge in [0.25, 0.3) is 0 Å². The summed E-state index contributed by atoms with van der Waals surface area (Å²) in [5, 5.41) is 0. The molecule has 0 aromatic carbocycles. The van der Waals surface area contributed by atoms with Gasteiger partial charge in [-0.25, -0.2) is 0 Å². The van der Waals surface area contributed by atoms with Gasteiger partial charge in [-0.05, 0) is 24.5 Å². The first-order valence-electron chi connectivity index (χ1n) is 5.69. The fourth-order valence-corrected chi connectivity index (χ4v) is 1.95. The lowest BCUT2D eigenvalue weighted by Crippen LogP contribution is -1.98. The predicted molar refractivity (Wildman–Crippen MR) is 64.4 cm³/mol. The Morgan fingerprint density at radius 2 is 1.86 bits per heavy atom. The lowest BCUT2D eigenvalue weighted by molar-refractivity contribution is 0.608. The minimum atomic E-state index is 1.04. The zero-order valence-electron chi connectivity index (χ0n) is 9.05. The molecule has 0 bridgehead atoms. The minimum absolute atomic E-state index is 1.04. The molecular weight excluding hydrogens is 189 g/mol. The van der Waals surface area contributed by atoms with Gasteiger partial charge in [0.15, 0.2) is 0 Å². The van der Waals surface area contributed by atoms with Crippen molar-refractivity contribution in [2.75, 3.05) is 0 Å². The lowest BCUT2D eigenvalue weighted by Gasteiger charge is -2.00. The molecule has 1 N–H and O–H groups in total. The van der Waals surface area contributed by atoms with Crippen molar-refractivity contribution in [2.45, 2.75) is 51.9 Å². The molecule has 0 aliphatic heterocycles. The van der Waals surface area contributed by atoms with Gasteiger partial charge in [0, 0.05) is 15.4 Å². The highest BCUT2D eigenvalue weighted by atomic mass is 31.0. The number of aromatic nitrogens is 1. The second-order valence-corrected chi connectivity index (χ2v) is 4.32. The first-order valence-corrected chi connectivity index (χ1v) is 6.14. The number of rotatable bonds is 7. The van der Waals surface area contributed by atoms with Crippen LogP contribution in [-0.2, 0) is 6.42 Å². The predicted octanol–water partition coefficient (Wildman–Crippen LogP) is 3.95. The molecule has 0 saturated heterocycles. The van der Waals surface area contributed by atoms with Gasteiger partial charge in [0.1, 0.15) is 0 Å². The van der Waals surface area contributed by atoms with Gasteiger partial charge in [0.2, 0.25) is 0 Å². The summed E-state index contributed by atoms with van der Waals surface area (Å²) in [6.45, 7) is 2.26. The van der Waals surface area contributed by atoms with Crippen molar-refractivity contribution in [1.82, 2.24) is 4.98 Å². The van der Waals surface area contributed by atoms with Crippen LogP contribution in [0.4, 0.5) is 0 Å². The van der Waals surface area contributed by atoms with Crippen LogP contribution in [0.25, 0.3) is 0 Å². The molecular formula is C12H20NP. The molecule has 2 heteroatoms. The molecule has 0 saturated carbocycles. The van der Waals surface area contributed by atoms with Crippen LogP contribution in [0.5, 0.6) is 0 Å². The summed E-state index contributed by atoms with van der Waals surface area (Å²) in [6, 6.07) is 2.13. The standard InChI is InChI=1S/C12H20NP/c1-2-3-4-5-6-7-8-11-9-10-13-12(11)14/h9-10,13H,2-8H2,1H3. The van der Waals surface area contributed by atoms with Crippen molar-refractivity contribution in [3.05, 3.63) is 17.8 Å². The van der Waals surface area contributed by atoms with Crippen LogP contribution in [0, 0.1) is 0 Å². The van der Waals surface area contributed by atoms with Crippen LogP contribution < -0.4 is 5.44 Å². The van der Waals surface area contributed by atoms with Gasteiger partial charge in [-0.2, -0.15) is 0 Å². The maximum atomic E-state index is 4.35. The van der Waals surface area contributed by atoms with Crippen LogP contribution in [0.15, 0.2) is 12.3 Å². The number of hydrogen-bond donors (Lipinski definition) is 1. The Labute approximate surface area is 89.9 Å². The van der Waals surface area contributed by atoms with E-state index in [1.807, 2.05) is 6.20 Å². The van der Waals surface area contributed by atoms with E-state index in [1.54, 1.807) is 0 Å². The van der Waals surface area contributed by atoms with Crippen LogP contribution >= 0.6 is 9.24 Å². The summed E-state index contributed by atoms with van der Waals surface area (Å²) < 4.78 is 0. The molecule has 2 radical (unpaired) electrons. The van der Waals surface area contributed by atoms with E-state index in [9.17, 15) is 0 Å². The quantitative estimate of drug-likeness (QED) is 0.517. The van der Waals surface area contributed by atoms with Gasteiger partial charge in [-0.3, -0.25) is 0 Å². The number of unbranched alkanes of at least 4 members (excludes halogenated alkanes) is 5. The van der Waals surface area contributed by atoms with Gasteiger partial charge < -0.3 is 4.98 Å². The summed E-state index contributed by atoms with van der Waals surface area (Å²) in [5.41, 5.74) is 2.40. The van der Waals surface area contributed by atoms with E-state index in [-0.39, 0.29) is 0 Å². The van der Waals surface area contributed by atoms with Gasteiger partial charge in [-0.15, -0.1) is 0 Å². The maximum absolute atomic E-state index is 4.35. The molecule has 0 amide bonds. The molecule has 1 aromatic heterocycles. The summed E-state index contributed by atoms with van der Waals surface area (Å²) in [6.07, 6.45) is 11.3. The molecule has 1 heterocycles. The fraction of sp³-hybridized carbons (Fsp3) is 0.667. The molecule has 14 heavy (non-hydrogen) atoms. The monoisotopic (exact) mass is 209 g/mol. The average Bonchev–Trinajstić information content (AvgIpc) is 2.58. The fourth-order valence-electron chi connectivity index (χ4n) is 1.69. The highest BCUT2D eigenvalue weighted by Crippen LogP contribution is 2.09. The third-order valence-corrected chi connectivity index (χ3v) is 3.02. The van der Waals surface area contributed by atoms with E-state index in [0.29, 0.717) is 0 Å². The Balaban J connectivity index is 2.02. The molecule has 1 aromatic rings. The second kappa shape index (κ2) is 7.06. The normalized spacial score (nSPS) is 10.7. The number of hydrogen-bond acceptors (Lipinski definition) is 0. The van der Waals surface area contributed by atoms with E-state index in [2.05, 4.69) is 27.2 Å². The zero-order chi connectivity index (χ0) is 10.2. The number of aryl methyl sites for hydroxylation is 1. The van der Waals surface area contributed by atoms with E-state index in [4.69, 9.17) is 0 Å². The van der Waals surface area contributed by atoms with Gasteiger partial charge in [0.05, 0.1) is 5.44 Å². The van der Waals surface area contributed by atoms with Crippen LogP contribution in [0.1, 0.15) is 51.0 Å². The van der Waals surface area contributed by atoms with Crippen LogP contribution in [0.2, 0.25) is 0 Å². The van der Waals surface area contributed by atoms with E-state index < -0.39 is 0 Å². The van der Waals surface area contributed by atoms with Gasteiger partial charge in [-0.1, -0.05) is 39.0 Å². The molecule has 0 unspecified atom stereocenters. The average molecular weight is 209 g/mol. The van der Waals surface area contributed by atoms with Crippen molar-refractivity contribution < 1.29 is 0 Å². The maximum Gasteiger partial charge on any atom is 0.0519 e. The van der Waals surface area contributed by atoms with Crippen molar-refractivity contribution in [2.24, 2.45) is 0 Å². The largest absolute Gasteiger partial charge is 0.361 e. The Bertz CT molecular complexity index is 242. The van der Waals surface area contributed by atoms with Gasteiger partial charge >= 0.3 is 0 Å². The smallest absolute Gasteiger partial charge is 0.0519 e. The third kappa shape index (κ3) is 4.28. The Hall–Kier alpha value is -0.290. The Morgan fingerprint density at radius 1 is 1.14 bits per heavy atom. The molecule has 0 aliphatic rings. The first-order chi connectivity index (χ1) is 6.84. The topological polar surface area (TPSA) is 15.8 Å². The molecule has 1 rings (SSSR count). The molecule has 78 valence electrons. The number of aromatic amines is 1. The second-order valence-electron chi connectivity index (χ2n) is 3.87. The molecule has 0 spiro atoms. The Kier molecular flexibility index (Phi) is 5.94. The molecule has 0 atom stereocenters. The minimum Gasteiger partial charge on any atom is -0.361 e. The zero-order valence-corrected chi connectivity index (χ0v) is 9.95. The van der Waals surface area contributed by atoms with Crippen LogP contribution in [0.3, 0.4) is 0 Å². The summed E-state index contributed by atoms with van der Waals surface area (Å²) in [7, 11) is 4.35. The van der Waals surface area contributed by atoms with Crippen LogP contribution in [-0.4, -0.2) is 4.98 Å². The molecule has 0 aliphatic carbocycles. The highest BCUT2D eigenvalue weighted by Gasteiger charge is 1.98. The number of H-pyrrole nitrogens is 1. The Morgan fingerprint density at radius 3 is 2.50 bits per heavy atom. The summed E-state index contributed by atoms with van der Waals surface area (Å²) >= 11 is 0.